The van der Waals surface area contributed by atoms with Gasteiger partial charge in [-0.2, -0.15) is 13.2 Å². The third-order valence-corrected chi connectivity index (χ3v) is 4.53. The zero-order chi connectivity index (χ0) is 18.6. The second-order valence-electron chi connectivity index (χ2n) is 5.64. The highest BCUT2D eigenvalue weighted by Crippen LogP contribution is 2.28. The first-order valence-corrected chi connectivity index (χ1v) is 8.55. The Bertz CT molecular complexity index is 765. The lowest BCUT2D eigenvalue weighted by molar-refractivity contribution is -0.141. The van der Waals surface area contributed by atoms with Crippen LogP contribution < -0.4 is 5.32 Å². The van der Waals surface area contributed by atoms with Crippen LogP contribution >= 0.6 is 11.8 Å². The molecule has 0 spiro atoms. The van der Waals surface area contributed by atoms with Crippen LogP contribution in [0, 0.1) is 13.8 Å². The lowest BCUT2D eigenvalue weighted by Gasteiger charge is -2.15. The van der Waals surface area contributed by atoms with Gasteiger partial charge in [-0.3, -0.25) is 4.79 Å². The van der Waals surface area contributed by atoms with Crippen molar-refractivity contribution in [2.45, 2.75) is 38.1 Å². The molecule has 1 aromatic carbocycles. The first-order valence-electron chi connectivity index (χ1n) is 7.56. The van der Waals surface area contributed by atoms with Gasteiger partial charge in [-0.05, 0) is 43.5 Å². The van der Waals surface area contributed by atoms with Crippen molar-refractivity contribution in [1.29, 1.82) is 0 Å². The first kappa shape index (κ1) is 19.2. The maximum atomic E-state index is 12.6. The molecule has 8 heteroatoms. The van der Waals surface area contributed by atoms with E-state index in [4.69, 9.17) is 0 Å². The van der Waals surface area contributed by atoms with Crippen molar-refractivity contribution in [3.05, 3.63) is 52.8 Å². The van der Waals surface area contributed by atoms with E-state index >= 15 is 0 Å². The van der Waals surface area contributed by atoms with Gasteiger partial charge in [-0.25, -0.2) is 9.97 Å². The lowest BCUT2D eigenvalue weighted by atomic mass is 10.0. The van der Waals surface area contributed by atoms with Crippen LogP contribution in [-0.2, 0) is 11.0 Å². The molecular weight excluding hydrogens is 351 g/mol. The van der Waals surface area contributed by atoms with Crippen LogP contribution in [0.2, 0.25) is 0 Å². The molecule has 0 aliphatic heterocycles. The largest absolute Gasteiger partial charge is 0.433 e. The zero-order valence-electron chi connectivity index (χ0n) is 14.0. The van der Waals surface area contributed by atoms with Crippen molar-refractivity contribution in [3.8, 4) is 0 Å². The summed E-state index contributed by atoms with van der Waals surface area (Å²) in [6.07, 6.45) is -3.49. The zero-order valence-corrected chi connectivity index (χ0v) is 14.8. The summed E-state index contributed by atoms with van der Waals surface area (Å²) >= 11 is 0.867. The van der Waals surface area contributed by atoms with Crippen LogP contribution in [-0.4, -0.2) is 21.6 Å². The quantitative estimate of drug-likeness (QED) is 0.637. The Morgan fingerprint density at radius 3 is 2.60 bits per heavy atom. The van der Waals surface area contributed by atoms with Crippen molar-refractivity contribution >= 4 is 17.7 Å². The molecule has 0 aliphatic carbocycles. The highest BCUT2D eigenvalue weighted by atomic mass is 32.2. The first-order chi connectivity index (χ1) is 11.7. The molecular formula is C17H18F3N3OS. The molecule has 1 aromatic heterocycles. The second-order valence-corrected chi connectivity index (χ2v) is 6.59. The van der Waals surface area contributed by atoms with Crippen molar-refractivity contribution in [2.24, 2.45) is 0 Å². The molecule has 0 fully saturated rings. The lowest BCUT2D eigenvalue weighted by Crippen LogP contribution is -2.28. The third kappa shape index (κ3) is 5.45. The fraction of sp³-hybridized carbons (Fsp3) is 0.353. The number of aryl methyl sites for hydroxylation is 2. The van der Waals surface area contributed by atoms with Crippen LogP contribution in [0.4, 0.5) is 13.2 Å². The maximum Gasteiger partial charge on any atom is 0.433 e. The Balaban J connectivity index is 1.93. The van der Waals surface area contributed by atoms with Gasteiger partial charge in [-0.1, -0.05) is 30.0 Å². The van der Waals surface area contributed by atoms with E-state index < -0.39 is 11.9 Å². The van der Waals surface area contributed by atoms with Crippen molar-refractivity contribution in [3.63, 3.8) is 0 Å². The van der Waals surface area contributed by atoms with Crippen LogP contribution in [0.1, 0.15) is 35.3 Å². The van der Waals surface area contributed by atoms with Crippen LogP contribution in [0.3, 0.4) is 0 Å². The van der Waals surface area contributed by atoms with Crippen molar-refractivity contribution in [2.75, 3.05) is 5.75 Å². The highest BCUT2D eigenvalue weighted by Gasteiger charge is 2.32. The van der Waals surface area contributed by atoms with Gasteiger partial charge in [0.2, 0.25) is 5.91 Å². The minimum absolute atomic E-state index is 0.0590. The summed E-state index contributed by atoms with van der Waals surface area (Å²) < 4.78 is 37.8. The van der Waals surface area contributed by atoms with E-state index in [1.165, 1.54) is 5.56 Å². The van der Waals surface area contributed by atoms with E-state index in [1.807, 2.05) is 39.0 Å². The number of carbonyl (C=O) groups excluding carboxylic acids is 1. The number of nitrogens with zero attached hydrogens (tertiary/aromatic N) is 2. The number of halogens is 3. The predicted octanol–water partition coefficient (Wildman–Crippen LogP) is 4.08. The van der Waals surface area contributed by atoms with E-state index in [0.717, 1.165) is 35.2 Å². The molecule has 1 atom stereocenters. The fourth-order valence-electron chi connectivity index (χ4n) is 2.10. The summed E-state index contributed by atoms with van der Waals surface area (Å²) in [4.78, 5) is 19.2. The van der Waals surface area contributed by atoms with E-state index in [9.17, 15) is 18.0 Å². The molecule has 1 N–H and O–H groups in total. The minimum Gasteiger partial charge on any atom is -0.349 e. The summed E-state index contributed by atoms with van der Waals surface area (Å²) in [7, 11) is 0. The van der Waals surface area contributed by atoms with Crippen molar-refractivity contribution < 1.29 is 18.0 Å². The molecule has 1 amide bonds. The van der Waals surface area contributed by atoms with Gasteiger partial charge in [0.1, 0.15) is 5.69 Å². The molecule has 0 saturated carbocycles. The Morgan fingerprint density at radius 2 is 1.96 bits per heavy atom. The van der Waals surface area contributed by atoms with Gasteiger partial charge < -0.3 is 5.32 Å². The highest BCUT2D eigenvalue weighted by molar-refractivity contribution is 7.99. The second kappa shape index (κ2) is 7.86. The third-order valence-electron chi connectivity index (χ3n) is 3.66. The maximum absolute atomic E-state index is 12.6. The molecule has 1 heterocycles. The standard InChI is InChI=1S/C17H18F3N3OS/c1-10-4-5-13(8-11(10)2)12(3)22-15(24)9-25-16-21-7-6-14(23-16)17(18,19)20/h4-8,12H,9H2,1-3H3,(H,22,24). The molecule has 0 aliphatic rings. The van der Waals surface area contributed by atoms with Gasteiger partial charge in [0.25, 0.3) is 0 Å². The summed E-state index contributed by atoms with van der Waals surface area (Å²) in [5, 5.41) is 2.74. The number of aromatic nitrogens is 2. The summed E-state index contributed by atoms with van der Waals surface area (Å²) in [5.74, 6) is -0.354. The number of alkyl halides is 3. The van der Waals surface area contributed by atoms with Crippen LogP contribution in [0.15, 0.2) is 35.6 Å². The SMILES string of the molecule is Cc1ccc(C(C)NC(=O)CSc2nccc(C(F)(F)F)n2)cc1C. The Hall–Kier alpha value is -2.09. The average Bonchev–Trinajstić information content (AvgIpc) is 2.55. The molecule has 0 bridgehead atoms. The van der Waals surface area contributed by atoms with E-state index in [1.54, 1.807) is 0 Å². The number of amides is 1. The fourth-order valence-corrected chi connectivity index (χ4v) is 2.74. The Kier molecular flexibility index (Phi) is 6.05. The van der Waals surface area contributed by atoms with E-state index in [0.29, 0.717) is 0 Å². The molecule has 134 valence electrons. The molecule has 1 unspecified atom stereocenters. The van der Waals surface area contributed by atoms with E-state index in [-0.39, 0.29) is 22.9 Å². The van der Waals surface area contributed by atoms with Crippen molar-refractivity contribution in [1.82, 2.24) is 15.3 Å². The molecule has 2 aromatic rings. The average molecular weight is 369 g/mol. The minimum atomic E-state index is -4.53. The van der Waals surface area contributed by atoms with Gasteiger partial charge >= 0.3 is 6.18 Å². The number of carbonyl (C=O) groups is 1. The van der Waals surface area contributed by atoms with Crippen LogP contribution in [0.5, 0.6) is 0 Å². The number of nitrogens with one attached hydrogen (secondary N) is 1. The van der Waals surface area contributed by atoms with E-state index in [2.05, 4.69) is 15.3 Å². The predicted molar refractivity (Wildman–Crippen MR) is 90.2 cm³/mol. The van der Waals surface area contributed by atoms with Gasteiger partial charge in [0, 0.05) is 6.20 Å². The smallest absolute Gasteiger partial charge is 0.349 e. The molecule has 0 saturated heterocycles. The number of hydrogen-bond donors (Lipinski definition) is 1. The van der Waals surface area contributed by atoms with Gasteiger partial charge in [-0.15, -0.1) is 0 Å². The molecule has 2 rings (SSSR count). The number of hydrogen-bond acceptors (Lipinski definition) is 4. The topological polar surface area (TPSA) is 54.9 Å². The normalized spacial score (nSPS) is 12.7. The summed E-state index contributed by atoms with van der Waals surface area (Å²) in [6, 6.07) is 6.53. The van der Waals surface area contributed by atoms with Gasteiger partial charge in [0.05, 0.1) is 11.8 Å². The molecule has 4 nitrogen and oxygen atoms in total. The summed E-state index contributed by atoms with van der Waals surface area (Å²) in [6.45, 7) is 5.86. The monoisotopic (exact) mass is 369 g/mol. The number of benzene rings is 1. The summed E-state index contributed by atoms with van der Waals surface area (Å²) in [5.41, 5.74) is 2.25. The number of rotatable bonds is 5. The van der Waals surface area contributed by atoms with Crippen LogP contribution in [0.25, 0.3) is 0 Å². The molecule has 25 heavy (non-hydrogen) atoms. The number of thioether (sulfide) groups is 1. The Morgan fingerprint density at radius 1 is 1.24 bits per heavy atom. The Labute approximate surface area is 148 Å². The van der Waals surface area contributed by atoms with Gasteiger partial charge in [0.15, 0.2) is 5.16 Å². The molecule has 0 radical (unpaired) electrons.